The van der Waals surface area contributed by atoms with Crippen LogP contribution in [0.15, 0.2) is 18.2 Å². The number of carboxylic acids is 1. The van der Waals surface area contributed by atoms with Crippen molar-refractivity contribution in [2.45, 2.75) is 25.3 Å². The molecule has 3 unspecified atom stereocenters. The third kappa shape index (κ3) is 2.65. The van der Waals surface area contributed by atoms with Crippen molar-refractivity contribution in [2.24, 2.45) is 11.8 Å². The van der Waals surface area contributed by atoms with Crippen LogP contribution in [0.5, 0.6) is 0 Å². The molecule has 1 aliphatic carbocycles. The van der Waals surface area contributed by atoms with Gasteiger partial charge in [0, 0.05) is 18.7 Å². The highest BCUT2D eigenvalue weighted by Crippen LogP contribution is 2.43. The van der Waals surface area contributed by atoms with Gasteiger partial charge in [0.05, 0.1) is 15.5 Å². The first-order valence-electron chi connectivity index (χ1n) is 7.38. The fraction of sp³-hybridized carbons (Fsp3) is 0.467. The number of nitrogens with zero attached hydrogens (tertiary/aromatic N) is 2. The average Bonchev–Trinajstić information content (AvgIpc) is 3.05. The molecular weight excluding hydrogens is 324 g/mol. The van der Waals surface area contributed by atoms with Crippen LogP contribution in [0.1, 0.15) is 29.6 Å². The number of likely N-dealkylation sites (tertiary alicyclic amines) is 1. The van der Waals surface area contributed by atoms with Gasteiger partial charge in [-0.05, 0) is 30.7 Å². The number of rotatable bonds is 3. The first kappa shape index (κ1) is 15.7. The van der Waals surface area contributed by atoms with E-state index in [1.54, 1.807) is 0 Å². The highest BCUT2D eigenvalue weighted by molar-refractivity contribution is 6.34. The normalized spacial score (nSPS) is 26.1. The van der Waals surface area contributed by atoms with Gasteiger partial charge in [0.1, 0.15) is 6.04 Å². The van der Waals surface area contributed by atoms with E-state index in [2.05, 4.69) is 0 Å². The van der Waals surface area contributed by atoms with Gasteiger partial charge in [-0.2, -0.15) is 0 Å². The Morgan fingerprint density at radius 2 is 2.09 bits per heavy atom. The second kappa shape index (κ2) is 5.81. The topological polar surface area (TPSA) is 101 Å². The van der Waals surface area contributed by atoms with Crippen LogP contribution in [-0.2, 0) is 4.79 Å². The number of carbonyl (C=O) groups is 2. The van der Waals surface area contributed by atoms with E-state index in [1.807, 2.05) is 0 Å². The minimum atomic E-state index is -1.01. The van der Waals surface area contributed by atoms with Gasteiger partial charge in [0.15, 0.2) is 0 Å². The molecule has 3 atom stereocenters. The Kier molecular flexibility index (Phi) is 3.97. The standard InChI is InChI=1S/C15H15ClN2O5/c16-12-6-9(18(22)23)4-5-11(12)14(19)17-7-8-2-1-3-10(8)13(17)15(20)21/h4-6,8,10,13H,1-3,7H2,(H,20,21). The second-order valence-electron chi connectivity index (χ2n) is 6.02. The Morgan fingerprint density at radius 1 is 1.35 bits per heavy atom. The summed E-state index contributed by atoms with van der Waals surface area (Å²) in [6.45, 7) is 0.397. The molecule has 7 nitrogen and oxygen atoms in total. The summed E-state index contributed by atoms with van der Waals surface area (Å²) in [6, 6.07) is 2.75. The molecule has 2 aliphatic rings. The number of non-ortho nitro benzene ring substituents is 1. The van der Waals surface area contributed by atoms with Crippen molar-refractivity contribution in [3.63, 3.8) is 0 Å². The number of carboxylic acid groups (broad SMARTS) is 1. The Hall–Kier alpha value is -2.15. The smallest absolute Gasteiger partial charge is 0.326 e. The molecule has 1 heterocycles. The number of aliphatic carboxylic acids is 1. The van der Waals surface area contributed by atoms with Crippen LogP contribution in [-0.4, -0.2) is 39.4 Å². The molecule has 3 rings (SSSR count). The van der Waals surface area contributed by atoms with Crippen LogP contribution in [0.25, 0.3) is 0 Å². The number of nitro groups is 1. The SMILES string of the molecule is O=C(O)C1C2CCCC2CN1C(=O)c1ccc([N+](=O)[O-])cc1Cl. The highest BCUT2D eigenvalue weighted by Gasteiger charge is 2.49. The van der Waals surface area contributed by atoms with Crippen LogP contribution < -0.4 is 0 Å². The molecule has 1 aliphatic heterocycles. The molecule has 0 radical (unpaired) electrons. The highest BCUT2D eigenvalue weighted by atomic mass is 35.5. The number of benzene rings is 1. The molecular formula is C15H15ClN2O5. The lowest BCUT2D eigenvalue weighted by molar-refractivity contribution is -0.384. The molecule has 1 aromatic rings. The average molecular weight is 339 g/mol. The molecule has 0 aromatic heterocycles. The molecule has 8 heteroatoms. The molecule has 23 heavy (non-hydrogen) atoms. The molecule has 1 amide bonds. The summed E-state index contributed by atoms with van der Waals surface area (Å²) in [5.74, 6) is -1.30. The number of hydrogen-bond donors (Lipinski definition) is 1. The molecule has 122 valence electrons. The van der Waals surface area contributed by atoms with E-state index in [0.717, 1.165) is 25.3 Å². The first-order valence-corrected chi connectivity index (χ1v) is 7.75. The molecule has 1 aromatic carbocycles. The Balaban J connectivity index is 1.90. The Morgan fingerprint density at radius 3 is 2.70 bits per heavy atom. The molecule has 0 bridgehead atoms. The van der Waals surface area contributed by atoms with Crippen molar-refractivity contribution in [2.75, 3.05) is 6.54 Å². The fourth-order valence-electron chi connectivity index (χ4n) is 3.78. The lowest BCUT2D eigenvalue weighted by atomic mass is 9.94. The number of halogens is 1. The van der Waals surface area contributed by atoms with E-state index >= 15 is 0 Å². The molecule has 1 saturated heterocycles. The zero-order valence-electron chi connectivity index (χ0n) is 12.1. The van der Waals surface area contributed by atoms with Crippen LogP contribution in [0, 0.1) is 22.0 Å². The maximum absolute atomic E-state index is 12.7. The number of hydrogen-bond acceptors (Lipinski definition) is 4. The van der Waals surface area contributed by atoms with Crippen molar-refractivity contribution in [3.05, 3.63) is 38.9 Å². The minimum Gasteiger partial charge on any atom is -0.480 e. The second-order valence-corrected chi connectivity index (χ2v) is 6.42. The van der Waals surface area contributed by atoms with Gasteiger partial charge in [-0.15, -0.1) is 0 Å². The predicted molar refractivity (Wildman–Crippen MR) is 81.4 cm³/mol. The van der Waals surface area contributed by atoms with Crippen LogP contribution in [0.2, 0.25) is 5.02 Å². The zero-order valence-corrected chi connectivity index (χ0v) is 12.9. The van der Waals surface area contributed by atoms with Gasteiger partial charge in [0.25, 0.3) is 11.6 Å². The lowest BCUT2D eigenvalue weighted by Crippen LogP contribution is -2.43. The van der Waals surface area contributed by atoms with Crippen LogP contribution in [0.3, 0.4) is 0 Å². The number of amides is 1. The largest absolute Gasteiger partial charge is 0.480 e. The molecule has 1 saturated carbocycles. The Bertz CT molecular complexity index is 692. The maximum Gasteiger partial charge on any atom is 0.326 e. The summed E-state index contributed by atoms with van der Waals surface area (Å²) in [5.41, 5.74) is -0.108. The summed E-state index contributed by atoms with van der Waals surface area (Å²) >= 11 is 6.00. The molecule has 0 spiro atoms. The number of nitro benzene ring substituents is 1. The summed E-state index contributed by atoms with van der Waals surface area (Å²) < 4.78 is 0. The van der Waals surface area contributed by atoms with E-state index in [1.165, 1.54) is 17.0 Å². The summed E-state index contributed by atoms with van der Waals surface area (Å²) in [5, 5.41) is 20.2. The quantitative estimate of drug-likeness (QED) is 0.674. The van der Waals surface area contributed by atoms with Crippen molar-refractivity contribution >= 4 is 29.2 Å². The monoisotopic (exact) mass is 338 g/mol. The molecule has 1 N–H and O–H groups in total. The maximum atomic E-state index is 12.7. The van der Waals surface area contributed by atoms with Gasteiger partial charge >= 0.3 is 5.97 Å². The van der Waals surface area contributed by atoms with Gasteiger partial charge in [-0.25, -0.2) is 4.79 Å². The van der Waals surface area contributed by atoms with Gasteiger partial charge in [-0.3, -0.25) is 14.9 Å². The van der Waals surface area contributed by atoms with E-state index in [0.29, 0.717) is 6.54 Å². The Labute approximate surface area is 137 Å². The van der Waals surface area contributed by atoms with Crippen LogP contribution >= 0.6 is 11.6 Å². The first-order chi connectivity index (χ1) is 10.9. The van der Waals surface area contributed by atoms with Crippen molar-refractivity contribution in [1.82, 2.24) is 4.90 Å². The summed E-state index contributed by atoms with van der Waals surface area (Å²) in [7, 11) is 0. The lowest BCUT2D eigenvalue weighted by Gasteiger charge is -2.24. The van der Waals surface area contributed by atoms with Gasteiger partial charge < -0.3 is 10.0 Å². The zero-order chi connectivity index (χ0) is 16.7. The van der Waals surface area contributed by atoms with Gasteiger partial charge in [-0.1, -0.05) is 18.0 Å². The number of carbonyl (C=O) groups excluding carboxylic acids is 1. The van der Waals surface area contributed by atoms with E-state index < -0.39 is 22.8 Å². The molecule has 2 fully saturated rings. The number of fused-ring (bicyclic) bond motifs is 1. The van der Waals surface area contributed by atoms with Crippen molar-refractivity contribution < 1.29 is 19.6 Å². The fourth-order valence-corrected chi connectivity index (χ4v) is 4.03. The van der Waals surface area contributed by atoms with E-state index in [9.17, 15) is 24.8 Å². The van der Waals surface area contributed by atoms with Crippen molar-refractivity contribution in [1.29, 1.82) is 0 Å². The van der Waals surface area contributed by atoms with Gasteiger partial charge in [0.2, 0.25) is 0 Å². The van der Waals surface area contributed by atoms with Crippen molar-refractivity contribution in [3.8, 4) is 0 Å². The van der Waals surface area contributed by atoms with E-state index in [4.69, 9.17) is 11.6 Å². The predicted octanol–water partition coefficient (Wildman–Crippen LogP) is 2.57. The minimum absolute atomic E-state index is 0.0201. The summed E-state index contributed by atoms with van der Waals surface area (Å²) in [4.78, 5) is 35.8. The third-order valence-electron chi connectivity index (χ3n) is 4.80. The summed E-state index contributed by atoms with van der Waals surface area (Å²) in [6.07, 6.45) is 2.71. The third-order valence-corrected chi connectivity index (χ3v) is 5.11. The van der Waals surface area contributed by atoms with E-state index in [-0.39, 0.29) is 28.1 Å². The van der Waals surface area contributed by atoms with Crippen LogP contribution in [0.4, 0.5) is 5.69 Å².